The summed E-state index contributed by atoms with van der Waals surface area (Å²) >= 11 is 1.44. The molecule has 1 aromatic heterocycles. The lowest BCUT2D eigenvalue weighted by Gasteiger charge is -2.13. The summed E-state index contributed by atoms with van der Waals surface area (Å²) in [5.74, 6) is -1.36. The fraction of sp³-hybridized carbons (Fsp3) is 0.312. The molecule has 5 nitrogen and oxygen atoms in total. The van der Waals surface area contributed by atoms with E-state index in [0.29, 0.717) is 11.4 Å². The highest BCUT2D eigenvalue weighted by molar-refractivity contribution is 7.10. The second kappa shape index (κ2) is 5.88. The fourth-order valence-corrected chi connectivity index (χ4v) is 2.69. The summed E-state index contributed by atoms with van der Waals surface area (Å²) in [4.78, 5) is 27.6. The first-order valence-electron chi connectivity index (χ1n) is 6.80. The number of amides is 1. The third-order valence-electron chi connectivity index (χ3n) is 3.11. The molecule has 0 fully saturated rings. The topological polar surface area (TPSA) is 79.3 Å². The number of carboxylic acid groups (broad SMARTS) is 1. The predicted molar refractivity (Wildman–Crippen MR) is 86.9 cm³/mol. The van der Waals surface area contributed by atoms with Crippen LogP contribution in [0, 0.1) is 6.92 Å². The highest BCUT2D eigenvalue weighted by Crippen LogP contribution is 2.26. The number of nitrogens with zero attached hydrogens (tertiary/aromatic N) is 1. The Hall–Kier alpha value is -2.21. The summed E-state index contributed by atoms with van der Waals surface area (Å²) < 4.78 is 0. The van der Waals surface area contributed by atoms with Crippen molar-refractivity contribution >= 4 is 28.9 Å². The van der Waals surface area contributed by atoms with Gasteiger partial charge in [0.25, 0.3) is 5.91 Å². The second-order valence-corrected chi connectivity index (χ2v) is 6.93. The van der Waals surface area contributed by atoms with Crippen molar-refractivity contribution in [2.45, 2.75) is 33.1 Å². The highest BCUT2D eigenvalue weighted by atomic mass is 32.1. The average Bonchev–Trinajstić information content (AvgIpc) is 2.90. The Bertz CT molecular complexity index is 729. The van der Waals surface area contributed by atoms with Crippen LogP contribution in [0.5, 0.6) is 0 Å². The lowest BCUT2D eigenvalue weighted by Crippen LogP contribution is -2.16. The molecule has 0 saturated carbocycles. The van der Waals surface area contributed by atoms with E-state index in [1.807, 2.05) is 27.7 Å². The molecule has 0 unspecified atom stereocenters. The van der Waals surface area contributed by atoms with Crippen molar-refractivity contribution < 1.29 is 14.7 Å². The van der Waals surface area contributed by atoms with E-state index >= 15 is 0 Å². The third kappa shape index (κ3) is 3.51. The second-order valence-electron chi connectivity index (χ2n) is 6.08. The standard InChI is InChI=1S/C16H18N2O3S/c1-9-5-6-10(14(20)21)7-11(9)17-13(19)12-8-22-15(18-12)16(2,3)4/h5-8H,1-4H3,(H,17,19)(H,20,21). The van der Waals surface area contributed by atoms with Crippen LogP contribution in [0.25, 0.3) is 0 Å². The number of benzene rings is 1. The molecule has 0 radical (unpaired) electrons. The maximum absolute atomic E-state index is 12.3. The van der Waals surface area contributed by atoms with Crippen molar-refractivity contribution in [3.05, 3.63) is 45.4 Å². The first-order chi connectivity index (χ1) is 10.2. The molecule has 0 atom stereocenters. The summed E-state index contributed by atoms with van der Waals surface area (Å²) in [7, 11) is 0. The molecule has 0 aliphatic rings. The first kappa shape index (κ1) is 16.2. The van der Waals surface area contributed by atoms with Gasteiger partial charge in [0, 0.05) is 16.5 Å². The van der Waals surface area contributed by atoms with E-state index in [4.69, 9.17) is 5.11 Å². The first-order valence-corrected chi connectivity index (χ1v) is 7.68. The number of nitrogens with one attached hydrogen (secondary N) is 1. The van der Waals surface area contributed by atoms with E-state index < -0.39 is 5.97 Å². The van der Waals surface area contributed by atoms with Crippen LogP contribution in [0.1, 0.15) is 52.2 Å². The molecule has 116 valence electrons. The van der Waals surface area contributed by atoms with Gasteiger partial charge < -0.3 is 10.4 Å². The smallest absolute Gasteiger partial charge is 0.335 e. The summed E-state index contributed by atoms with van der Waals surface area (Å²) in [6.45, 7) is 7.92. The van der Waals surface area contributed by atoms with E-state index in [9.17, 15) is 9.59 Å². The summed E-state index contributed by atoms with van der Waals surface area (Å²) in [5, 5.41) is 14.3. The summed E-state index contributed by atoms with van der Waals surface area (Å²) in [6.07, 6.45) is 0. The van der Waals surface area contributed by atoms with Gasteiger partial charge in [0.1, 0.15) is 5.69 Å². The fourth-order valence-electron chi connectivity index (χ4n) is 1.80. The van der Waals surface area contributed by atoms with Gasteiger partial charge in [-0.05, 0) is 24.6 Å². The lowest BCUT2D eigenvalue weighted by atomic mass is 9.98. The Labute approximate surface area is 133 Å². The van der Waals surface area contributed by atoms with E-state index in [2.05, 4.69) is 10.3 Å². The minimum Gasteiger partial charge on any atom is -0.478 e. The van der Waals surface area contributed by atoms with Crippen molar-refractivity contribution in [2.75, 3.05) is 5.32 Å². The number of hydrogen-bond acceptors (Lipinski definition) is 4. The van der Waals surface area contributed by atoms with Gasteiger partial charge in [0.05, 0.1) is 10.6 Å². The van der Waals surface area contributed by atoms with Gasteiger partial charge in [-0.1, -0.05) is 26.8 Å². The maximum Gasteiger partial charge on any atom is 0.335 e. The summed E-state index contributed by atoms with van der Waals surface area (Å²) in [5.41, 5.74) is 1.65. The molecule has 0 aliphatic carbocycles. The number of aromatic carboxylic acids is 1. The summed E-state index contributed by atoms with van der Waals surface area (Å²) in [6, 6.07) is 4.63. The molecule has 0 spiro atoms. The Morgan fingerprint density at radius 1 is 1.27 bits per heavy atom. The lowest BCUT2D eigenvalue weighted by molar-refractivity contribution is 0.0696. The van der Waals surface area contributed by atoms with Gasteiger partial charge in [-0.3, -0.25) is 4.79 Å². The van der Waals surface area contributed by atoms with Crippen LogP contribution in [0.15, 0.2) is 23.6 Å². The van der Waals surface area contributed by atoms with Gasteiger partial charge in [-0.25, -0.2) is 9.78 Å². The van der Waals surface area contributed by atoms with E-state index in [-0.39, 0.29) is 16.9 Å². The minimum atomic E-state index is -1.03. The normalized spacial score (nSPS) is 11.3. The Morgan fingerprint density at radius 3 is 2.50 bits per heavy atom. The molecule has 1 heterocycles. The molecular formula is C16H18N2O3S. The molecule has 1 aromatic carbocycles. The van der Waals surface area contributed by atoms with Crippen LogP contribution in [-0.4, -0.2) is 22.0 Å². The van der Waals surface area contributed by atoms with Gasteiger partial charge in [-0.2, -0.15) is 0 Å². The number of carbonyl (C=O) groups is 2. The number of aromatic nitrogens is 1. The zero-order chi connectivity index (χ0) is 16.5. The van der Waals surface area contributed by atoms with Crippen molar-refractivity contribution in [2.24, 2.45) is 0 Å². The molecule has 0 aliphatic heterocycles. The Morgan fingerprint density at radius 2 is 1.95 bits per heavy atom. The maximum atomic E-state index is 12.3. The number of carbonyl (C=O) groups excluding carboxylic acids is 1. The van der Waals surface area contributed by atoms with Crippen molar-refractivity contribution in [3.63, 3.8) is 0 Å². The molecule has 0 saturated heterocycles. The van der Waals surface area contributed by atoms with Gasteiger partial charge in [0.15, 0.2) is 0 Å². The molecule has 2 N–H and O–H groups in total. The number of carboxylic acids is 1. The van der Waals surface area contributed by atoms with Gasteiger partial charge in [0.2, 0.25) is 0 Å². The SMILES string of the molecule is Cc1ccc(C(=O)O)cc1NC(=O)c1csc(C(C)(C)C)n1. The predicted octanol–water partition coefficient (Wildman–Crippen LogP) is 3.70. The monoisotopic (exact) mass is 318 g/mol. The molecule has 6 heteroatoms. The molecule has 22 heavy (non-hydrogen) atoms. The van der Waals surface area contributed by atoms with Crippen LogP contribution in [0.3, 0.4) is 0 Å². The van der Waals surface area contributed by atoms with Gasteiger partial charge in [-0.15, -0.1) is 11.3 Å². The largest absolute Gasteiger partial charge is 0.478 e. The van der Waals surface area contributed by atoms with Crippen molar-refractivity contribution in [3.8, 4) is 0 Å². The van der Waals surface area contributed by atoms with Crippen molar-refractivity contribution in [1.29, 1.82) is 0 Å². The molecule has 0 bridgehead atoms. The van der Waals surface area contributed by atoms with Crippen LogP contribution in [-0.2, 0) is 5.41 Å². The quantitative estimate of drug-likeness (QED) is 0.904. The van der Waals surface area contributed by atoms with Crippen LogP contribution < -0.4 is 5.32 Å². The van der Waals surface area contributed by atoms with Crippen LogP contribution >= 0.6 is 11.3 Å². The zero-order valence-corrected chi connectivity index (χ0v) is 13.7. The number of thiazole rings is 1. The molecule has 2 aromatic rings. The Kier molecular flexibility index (Phi) is 4.32. The Balaban J connectivity index is 2.24. The molecule has 1 amide bonds. The van der Waals surface area contributed by atoms with E-state index in [1.54, 1.807) is 11.4 Å². The number of anilines is 1. The van der Waals surface area contributed by atoms with E-state index in [0.717, 1.165) is 10.6 Å². The van der Waals surface area contributed by atoms with E-state index in [1.165, 1.54) is 23.5 Å². The number of rotatable bonds is 3. The average molecular weight is 318 g/mol. The van der Waals surface area contributed by atoms with Crippen molar-refractivity contribution in [1.82, 2.24) is 4.98 Å². The number of aryl methyl sites for hydroxylation is 1. The third-order valence-corrected chi connectivity index (χ3v) is 4.38. The molecular weight excluding hydrogens is 300 g/mol. The molecule has 2 rings (SSSR count). The minimum absolute atomic E-state index is 0.109. The van der Waals surface area contributed by atoms with Crippen LogP contribution in [0.2, 0.25) is 0 Å². The number of hydrogen-bond donors (Lipinski definition) is 2. The van der Waals surface area contributed by atoms with Crippen LogP contribution in [0.4, 0.5) is 5.69 Å². The van der Waals surface area contributed by atoms with Gasteiger partial charge >= 0.3 is 5.97 Å². The highest BCUT2D eigenvalue weighted by Gasteiger charge is 2.20. The zero-order valence-electron chi connectivity index (χ0n) is 12.9.